The van der Waals surface area contributed by atoms with Gasteiger partial charge in [0.2, 0.25) is 5.91 Å². The number of fused-ring (bicyclic) bond motifs is 1. The standard InChI is InChI=1S/C23H22F2N4O5/c24-23(25)33-17-4-2-15(12-18(17)34-23)3-5-20(30)28-8-10-29(11-9-28)21(31)16-13-19(27-14-26-16)22(32)6-1-7-22/h2-5,12-14,32H,1,6-11H2/b5-3+. The van der Waals surface area contributed by atoms with Gasteiger partial charge in [0.1, 0.15) is 17.6 Å². The summed E-state index contributed by atoms with van der Waals surface area (Å²) in [5, 5.41) is 10.5. The van der Waals surface area contributed by atoms with Crippen LogP contribution < -0.4 is 9.47 Å². The molecule has 2 amide bonds. The molecule has 1 N–H and O–H groups in total. The monoisotopic (exact) mass is 472 g/mol. The molecular weight excluding hydrogens is 450 g/mol. The number of carbonyl (C=O) groups excluding carboxylic acids is 2. The highest BCUT2D eigenvalue weighted by Gasteiger charge is 2.43. The van der Waals surface area contributed by atoms with E-state index in [-0.39, 0.29) is 29.0 Å². The number of hydrogen-bond donors (Lipinski definition) is 1. The third kappa shape index (κ3) is 4.30. The molecular formula is C23H22F2N4O5. The summed E-state index contributed by atoms with van der Waals surface area (Å²) in [7, 11) is 0. The summed E-state index contributed by atoms with van der Waals surface area (Å²) in [5.41, 5.74) is 0.213. The first kappa shape index (κ1) is 22.2. The number of aromatic nitrogens is 2. The number of hydrogen-bond acceptors (Lipinski definition) is 7. The van der Waals surface area contributed by atoms with Crippen LogP contribution in [0.2, 0.25) is 0 Å². The molecule has 9 nitrogen and oxygen atoms in total. The number of carbonyl (C=O) groups is 2. The lowest BCUT2D eigenvalue weighted by Gasteiger charge is -2.36. The second kappa shape index (κ2) is 8.32. The summed E-state index contributed by atoms with van der Waals surface area (Å²) in [6.07, 6.45) is 2.60. The Labute approximate surface area is 193 Å². The number of nitrogens with zero attached hydrogens (tertiary/aromatic N) is 4. The van der Waals surface area contributed by atoms with Gasteiger partial charge < -0.3 is 24.4 Å². The van der Waals surface area contributed by atoms with Gasteiger partial charge in [0.25, 0.3) is 5.91 Å². The molecule has 0 atom stereocenters. The number of aliphatic hydroxyl groups is 1. The molecule has 178 valence electrons. The van der Waals surface area contributed by atoms with Gasteiger partial charge in [0, 0.05) is 32.3 Å². The molecule has 11 heteroatoms. The summed E-state index contributed by atoms with van der Waals surface area (Å²) in [6.45, 7) is 1.34. The van der Waals surface area contributed by atoms with Crippen LogP contribution in [0.3, 0.4) is 0 Å². The highest BCUT2D eigenvalue weighted by atomic mass is 19.3. The smallest absolute Gasteiger partial charge is 0.395 e. The van der Waals surface area contributed by atoms with Gasteiger partial charge in [-0.3, -0.25) is 9.59 Å². The first-order valence-corrected chi connectivity index (χ1v) is 10.9. The first-order chi connectivity index (χ1) is 16.2. The van der Waals surface area contributed by atoms with E-state index in [0.717, 1.165) is 6.42 Å². The highest BCUT2D eigenvalue weighted by molar-refractivity contribution is 5.94. The Morgan fingerprint density at radius 2 is 1.71 bits per heavy atom. The van der Waals surface area contributed by atoms with Crippen LogP contribution in [0, 0.1) is 0 Å². The van der Waals surface area contributed by atoms with Crippen molar-refractivity contribution in [1.29, 1.82) is 0 Å². The van der Waals surface area contributed by atoms with E-state index in [4.69, 9.17) is 0 Å². The van der Waals surface area contributed by atoms with Crippen LogP contribution in [-0.4, -0.2) is 69.2 Å². The Morgan fingerprint density at radius 3 is 2.41 bits per heavy atom. The summed E-state index contributed by atoms with van der Waals surface area (Å²) in [6, 6.07) is 5.81. The van der Waals surface area contributed by atoms with Crippen LogP contribution >= 0.6 is 0 Å². The fraction of sp³-hybridized carbons (Fsp3) is 0.391. The van der Waals surface area contributed by atoms with Gasteiger partial charge >= 0.3 is 6.29 Å². The molecule has 1 saturated carbocycles. The van der Waals surface area contributed by atoms with Gasteiger partial charge in [-0.25, -0.2) is 9.97 Å². The zero-order chi connectivity index (χ0) is 23.9. The lowest BCUT2D eigenvalue weighted by Crippen LogP contribution is -2.50. The fourth-order valence-electron chi connectivity index (χ4n) is 4.13. The van der Waals surface area contributed by atoms with E-state index in [1.54, 1.807) is 21.9 Å². The number of halogens is 2. The van der Waals surface area contributed by atoms with Crippen molar-refractivity contribution in [2.75, 3.05) is 26.2 Å². The van der Waals surface area contributed by atoms with E-state index >= 15 is 0 Å². The van der Waals surface area contributed by atoms with Gasteiger partial charge in [-0.05, 0) is 49.1 Å². The predicted octanol–water partition coefficient (Wildman–Crippen LogP) is 2.17. The summed E-state index contributed by atoms with van der Waals surface area (Å²) < 4.78 is 35.1. The molecule has 0 radical (unpaired) electrons. The van der Waals surface area contributed by atoms with E-state index in [1.807, 2.05) is 0 Å². The summed E-state index contributed by atoms with van der Waals surface area (Å²) in [5.74, 6) is -0.686. The molecule has 2 fully saturated rings. The third-order valence-electron chi connectivity index (χ3n) is 6.27. The third-order valence-corrected chi connectivity index (χ3v) is 6.27. The van der Waals surface area contributed by atoms with Crippen molar-refractivity contribution in [1.82, 2.24) is 19.8 Å². The van der Waals surface area contributed by atoms with Crippen LogP contribution in [0.5, 0.6) is 11.5 Å². The Balaban J connectivity index is 1.17. The topological polar surface area (TPSA) is 105 Å². The maximum Gasteiger partial charge on any atom is 0.586 e. The molecule has 0 unspecified atom stereocenters. The SMILES string of the molecule is O=C(/C=C/c1ccc2c(c1)OC(F)(F)O2)N1CCN(C(=O)c2cc(C3(O)CCC3)ncn2)CC1. The maximum absolute atomic E-state index is 13.1. The second-order valence-electron chi connectivity index (χ2n) is 8.50. The number of alkyl halides is 2. The van der Waals surface area contributed by atoms with E-state index in [9.17, 15) is 23.5 Å². The van der Waals surface area contributed by atoms with Crippen molar-refractivity contribution in [3.05, 3.63) is 53.6 Å². The molecule has 2 aliphatic heterocycles. The normalized spacial score (nSPS) is 20.3. The van der Waals surface area contributed by atoms with Crippen molar-refractivity contribution >= 4 is 17.9 Å². The predicted molar refractivity (Wildman–Crippen MR) is 114 cm³/mol. The van der Waals surface area contributed by atoms with Crippen LogP contribution in [0.1, 0.15) is 41.0 Å². The van der Waals surface area contributed by atoms with Crippen molar-refractivity contribution in [3.8, 4) is 11.5 Å². The number of benzene rings is 1. The zero-order valence-electron chi connectivity index (χ0n) is 18.1. The molecule has 0 spiro atoms. The lowest BCUT2D eigenvalue weighted by atomic mass is 9.77. The minimum atomic E-state index is -3.69. The quantitative estimate of drug-likeness (QED) is 0.680. The van der Waals surface area contributed by atoms with E-state index in [0.29, 0.717) is 50.3 Å². The van der Waals surface area contributed by atoms with Gasteiger partial charge in [0.15, 0.2) is 11.5 Å². The van der Waals surface area contributed by atoms with Crippen LogP contribution in [0.15, 0.2) is 36.7 Å². The Morgan fingerprint density at radius 1 is 1.00 bits per heavy atom. The second-order valence-corrected chi connectivity index (χ2v) is 8.50. The van der Waals surface area contributed by atoms with Crippen molar-refractivity contribution in [2.24, 2.45) is 0 Å². The minimum Gasteiger partial charge on any atom is -0.395 e. The summed E-state index contributed by atoms with van der Waals surface area (Å²) >= 11 is 0. The van der Waals surface area contributed by atoms with Crippen LogP contribution in [0.25, 0.3) is 6.08 Å². The van der Waals surface area contributed by atoms with Crippen molar-refractivity contribution in [3.63, 3.8) is 0 Å². The number of piperazine rings is 1. The number of amides is 2. The Hall–Kier alpha value is -3.60. The average Bonchev–Trinajstić information content (AvgIpc) is 3.13. The molecule has 3 aliphatic rings. The molecule has 1 saturated heterocycles. The van der Waals surface area contributed by atoms with E-state index in [1.165, 1.54) is 30.6 Å². The molecule has 1 aromatic heterocycles. The largest absolute Gasteiger partial charge is 0.586 e. The van der Waals surface area contributed by atoms with Crippen LogP contribution in [-0.2, 0) is 10.4 Å². The number of ether oxygens (including phenoxy) is 2. The van der Waals surface area contributed by atoms with E-state index < -0.39 is 11.9 Å². The average molecular weight is 472 g/mol. The van der Waals surface area contributed by atoms with Gasteiger partial charge in [0.05, 0.1) is 5.69 Å². The first-order valence-electron chi connectivity index (χ1n) is 10.9. The van der Waals surface area contributed by atoms with E-state index in [2.05, 4.69) is 19.4 Å². The number of rotatable bonds is 4. The summed E-state index contributed by atoms with van der Waals surface area (Å²) in [4.78, 5) is 36.8. The van der Waals surface area contributed by atoms with Gasteiger partial charge in [-0.15, -0.1) is 8.78 Å². The van der Waals surface area contributed by atoms with Crippen molar-refractivity contribution in [2.45, 2.75) is 31.2 Å². The molecule has 2 aromatic rings. The molecule has 0 bridgehead atoms. The minimum absolute atomic E-state index is 0.0630. The molecule has 1 aromatic carbocycles. The maximum atomic E-state index is 13.1. The molecule has 5 rings (SSSR count). The molecule has 34 heavy (non-hydrogen) atoms. The molecule has 3 heterocycles. The van der Waals surface area contributed by atoms with Crippen LogP contribution in [0.4, 0.5) is 8.78 Å². The molecule has 1 aliphatic carbocycles. The Bertz CT molecular complexity index is 1160. The van der Waals surface area contributed by atoms with Crippen molar-refractivity contribution < 1.29 is 33.0 Å². The van der Waals surface area contributed by atoms with Gasteiger partial charge in [-0.2, -0.15) is 0 Å². The zero-order valence-corrected chi connectivity index (χ0v) is 18.1. The van der Waals surface area contributed by atoms with Gasteiger partial charge in [-0.1, -0.05) is 6.07 Å². The fourth-order valence-corrected chi connectivity index (χ4v) is 4.13. The Kier molecular flexibility index (Phi) is 5.43. The highest BCUT2D eigenvalue weighted by Crippen LogP contribution is 2.41. The lowest BCUT2D eigenvalue weighted by molar-refractivity contribution is -0.286.